The summed E-state index contributed by atoms with van der Waals surface area (Å²) in [5.74, 6) is 0.173. The lowest BCUT2D eigenvalue weighted by molar-refractivity contribution is -0.0479. The first kappa shape index (κ1) is 10.9. The SMILES string of the molecule is Cn1c(=O)oc2ccc(C3(CCl)COC3)cc21. The van der Waals surface area contributed by atoms with Crippen molar-refractivity contribution in [2.45, 2.75) is 5.41 Å². The van der Waals surface area contributed by atoms with Crippen LogP contribution in [0, 0.1) is 0 Å². The number of ether oxygens (including phenoxy) is 1. The first-order chi connectivity index (χ1) is 8.16. The van der Waals surface area contributed by atoms with Gasteiger partial charge in [0.25, 0.3) is 0 Å². The summed E-state index contributed by atoms with van der Waals surface area (Å²) in [7, 11) is 1.70. The van der Waals surface area contributed by atoms with E-state index in [1.807, 2.05) is 18.2 Å². The Hall–Kier alpha value is -1.26. The monoisotopic (exact) mass is 253 g/mol. The zero-order chi connectivity index (χ0) is 12.0. The number of oxazole rings is 1. The second-order valence-electron chi connectivity index (χ2n) is 4.52. The molecule has 1 aromatic carbocycles. The van der Waals surface area contributed by atoms with Gasteiger partial charge >= 0.3 is 5.76 Å². The molecule has 0 bridgehead atoms. The van der Waals surface area contributed by atoms with Crippen LogP contribution in [0.3, 0.4) is 0 Å². The molecule has 0 atom stereocenters. The lowest BCUT2D eigenvalue weighted by Gasteiger charge is -2.40. The van der Waals surface area contributed by atoms with Crippen molar-refractivity contribution in [3.05, 3.63) is 34.3 Å². The summed E-state index contributed by atoms with van der Waals surface area (Å²) >= 11 is 6.02. The molecule has 3 rings (SSSR count). The van der Waals surface area contributed by atoms with Gasteiger partial charge in [0, 0.05) is 12.9 Å². The molecule has 4 nitrogen and oxygen atoms in total. The van der Waals surface area contributed by atoms with Crippen molar-refractivity contribution in [2.24, 2.45) is 7.05 Å². The molecule has 1 aromatic heterocycles. The van der Waals surface area contributed by atoms with Crippen LogP contribution in [0.2, 0.25) is 0 Å². The molecular weight excluding hydrogens is 242 g/mol. The number of rotatable bonds is 2. The van der Waals surface area contributed by atoms with E-state index in [0.29, 0.717) is 24.7 Å². The average Bonchev–Trinajstić information content (AvgIpc) is 2.55. The Balaban J connectivity index is 2.19. The molecule has 1 fully saturated rings. The van der Waals surface area contributed by atoms with Crippen LogP contribution in [0.25, 0.3) is 11.1 Å². The second-order valence-corrected chi connectivity index (χ2v) is 4.78. The van der Waals surface area contributed by atoms with Crippen LogP contribution >= 0.6 is 11.6 Å². The van der Waals surface area contributed by atoms with E-state index >= 15 is 0 Å². The Morgan fingerprint density at radius 2 is 2.24 bits per heavy atom. The minimum absolute atomic E-state index is 0.108. The number of benzene rings is 1. The minimum atomic E-state index is -0.345. The van der Waals surface area contributed by atoms with Gasteiger partial charge in [0.05, 0.1) is 24.1 Å². The van der Waals surface area contributed by atoms with Crippen LogP contribution in [-0.2, 0) is 17.2 Å². The Morgan fingerprint density at radius 1 is 1.47 bits per heavy atom. The maximum absolute atomic E-state index is 11.4. The quantitative estimate of drug-likeness (QED) is 0.765. The summed E-state index contributed by atoms with van der Waals surface area (Å²) in [6.45, 7) is 1.27. The Morgan fingerprint density at radius 3 is 2.82 bits per heavy atom. The van der Waals surface area contributed by atoms with Crippen LogP contribution in [0.5, 0.6) is 0 Å². The van der Waals surface area contributed by atoms with Gasteiger partial charge in [-0.2, -0.15) is 0 Å². The van der Waals surface area contributed by atoms with Crippen LogP contribution < -0.4 is 5.76 Å². The Labute approximate surface area is 103 Å². The summed E-state index contributed by atoms with van der Waals surface area (Å²) < 4.78 is 11.8. The number of hydrogen-bond donors (Lipinski definition) is 0. The Kier molecular flexibility index (Phi) is 2.31. The van der Waals surface area contributed by atoms with Gasteiger partial charge in [0.2, 0.25) is 0 Å². The third-order valence-corrected chi connectivity index (χ3v) is 3.93. The molecule has 0 amide bonds. The van der Waals surface area contributed by atoms with Crippen LogP contribution in [0.15, 0.2) is 27.4 Å². The number of aromatic nitrogens is 1. The highest BCUT2D eigenvalue weighted by atomic mass is 35.5. The first-order valence-electron chi connectivity index (χ1n) is 5.40. The smallest absolute Gasteiger partial charge is 0.408 e. The topological polar surface area (TPSA) is 44.4 Å². The standard InChI is InChI=1S/C12H12ClNO3/c1-14-9-4-8(12(5-13)6-16-7-12)2-3-10(9)17-11(14)15/h2-4H,5-7H2,1H3. The lowest BCUT2D eigenvalue weighted by Crippen LogP contribution is -2.48. The summed E-state index contributed by atoms with van der Waals surface area (Å²) in [6.07, 6.45) is 0. The molecule has 0 N–H and O–H groups in total. The van der Waals surface area contributed by atoms with E-state index in [1.54, 1.807) is 7.05 Å². The van der Waals surface area contributed by atoms with Crippen LogP contribution in [-0.4, -0.2) is 23.7 Å². The molecular formula is C12H12ClNO3. The normalized spacial score (nSPS) is 18.2. The van der Waals surface area contributed by atoms with Gasteiger partial charge in [0.15, 0.2) is 5.58 Å². The lowest BCUT2D eigenvalue weighted by atomic mass is 9.80. The fourth-order valence-electron chi connectivity index (χ4n) is 2.13. The van der Waals surface area contributed by atoms with Crippen molar-refractivity contribution < 1.29 is 9.15 Å². The van der Waals surface area contributed by atoms with E-state index in [9.17, 15) is 4.79 Å². The third-order valence-electron chi connectivity index (χ3n) is 3.42. The van der Waals surface area contributed by atoms with Gasteiger partial charge in [0.1, 0.15) is 0 Å². The van der Waals surface area contributed by atoms with Crippen molar-refractivity contribution >= 4 is 22.7 Å². The number of aryl methyl sites for hydroxylation is 1. The first-order valence-corrected chi connectivity index (χ1v) is 5.93. The molecule has 5 heteroatoms. The fourth-order valence-corrected chi connectivity index (χ4v) is 2.43. The number of hydrogen-bond acceptors (Lipinski definition) is 3. The number of nitrogens with zero attached hydrogens (tertiary/aromatic N) is 1. The second kappa shape index (κ2) is 3.62. The molecule has 0 aliphatic carbocycles. The predicted octanol–water partition coefficient (Wildman–Crippen LogP) is 1.64. The summed E-state index contributed by atoms with van der Waals surface area (Å²) in [4.78, 5) is 11.4. The van der Waals surface area contributed by atoms with Gasteiger partial charge in [-0.15, -0.1) is 11.6 Å². The average molecular weight is 254 g/mol. The van der Waals surface area contributed by atoms with Gasteiger partial charge in [-0.05, 0) is 17.7 Å². The molecule has 2 aromatic rings. The summed E-state index contributed by atoms with van der Waals surface area (Å²) in [5.41, 5.74) is 2.39. The van der Waals surface area contributed by atoms with Crippen molar-refractivity contribution in [3.63, 3.8) is 0 Å². The van der Waals surface area contributed by atoms with E-state index in [2.05, 4.69) is 0 Å². The van der Waals surface area contributed by atoms with Gasteiger partial charge in [-0.25, -0.2) is 4.79 Å². The largest absolute Gasteiger partial charge is 0.419 e. The molecule has 0 unspecified atom stereocenters. The van der Waals surface area contributed by atoms with E-state index in [0.717, 1.165) is 11.1 Å². The maximum Gasteiger partial charge on any atom is 0.419 e. The highest BCUT2D eigenvalue weighted by Crippen LogP contribution is 2.34. The van der Waals surface area contributed by atoms with Gasteiger partial charge < -0.3 is 9.15 Å². The fraction of sp³-hybridized carbons (Fsp3) is 0.417. The molecule has 0 spiro atoms. The van der Waals surface area contributed by atoms with E-state index in [4.69, 9.17) is 20.8 Å². The third kappa shape index (κ3) is 1.44. The number of fused-ring (bicyclic) bond motifs is 1. The van der Waals surface area contributed by atoms with E-state index in [-0.39, 0.29) is 11.2 Å². The van der Waals surface area contributed by atoms with Crippen LogP contribution in [0.4, 0.5) is 0 Å². The van der Waals surface area contributed by atoms with Crippen molar-refractivity contribution in [2.75, 3.05) is 19.1 Å². The highest BCUT2D eigenvalue weighted by molar-refractivity contribution is 6.18. The summed E-state index contributed by atoms with van der Waals surface area (Å²) in [5, 5.41) is 0. The highest BCUT2D eigenvalue weighted by Gasteiger charge is 2.39. The molecule has 1 saturated heterocycles. The number of alkyl halides is 1. The van der Waals surface area contributed by atoms with Crippen LogP contribution in [0.1, 0.15) is 5.56 Å². The molecule has 1 aliphatic rings. The molecule has 1 aliphatic heterocycles. The predicted molar refractivity (Wildman–Crippen MR) is 64.7 cm³/mol. The van der Waals surface area contributed by atoms with Crippen molar-refractivity contribution in [1.82, 2.24) is 4.57 Å². The van der Waals surface area contributed by atoms with Gasteiger partial charge in [-0.1, -0.05) is 6.07 Å². The summed E-state index contributed by atoms with van der Waals surface area (Å²) in [6, 6.07) is 5.74. The number of halogens is 1. The molecule has 90 valence electrons. The molecule has 17 heavy (non-hydrogen) atoms. The molecule has 0 radical (unpaired) electrons. The van der Waals surface area contributed by atoms with Gasteiger partial charge in [-0.3, -0.25) is 4.57 Å². The zero-order valence-electron chi connectivity index (χ0n) is 9.40. The van der Waals surface area contributed by atoms with Crippen molar-refractivity contribution in [1.29, 1.82) is 0 Å². The Bertz CT molecular complexity index is 619. The zero-order valence-corrected chi connectivity index (χ0v) is 10.2. The van der Waals surface area contributed by atoms with E-state index < -0.39 is 0 Å². The van der Waals surface area contributed by atoms with Crippen molar-refractivity contribution in [3.8, 4) is 0 Å². The minimum Gasteiger partial charge on any atom is -0.408 e. The molecule has 2 heterocycles. The molecule has 0 saturated carbocycles. The maximum atomic E-state index is 11.4. The van der Waals surface area contributed by atoms with E-state index in [1.165, 1.54) is 4.57 Å².